The summed E-state index contributed by atoms with van der Waals surface area (Å²) in [5.74, 6) is -1.17. The standard InChI is InChI=1S/C26H28ClN3O3/c1-2-3-4-7-13-30-25(32)21(24(31)28-26(30)33)16-18-10-11-23-19(15-18)12-14-29(23)17-20-8-5-6-9-22(20)27/h5-6,8-11,15-16H,2-4,7,12-14,17H2,1H3,(H,28,31,33). The second-order valence-electron chi connectivity index (χ2n) is 8.49. The molecular weight excluding hydrogens is 438 g/mol. The first-order valence-electron chi connectivity index (χ1n) is 11.5. The Kier molecular flexibility index (Phi) is 7.14. The molecule has 1 N–H and O–H groups in total. The molecule has 0 spiro atoms. The third-order valence-corrected chi connectivity index (χ3v) is 6.52. The summed E-state index contributed by atoms with van der Waals surface area (Å²) in [7, 11) is 0. The van der Waals surface area contributed by atoms with E-state index in [9.17, 15) is 14.4 Å². The van der Waals surface area contributed by atoms with Crippen LogP contribution in [-0.4, -0.2) is 35.8 Å². The van der Waals surface area contributed by atoms with Crippen molar-refractivity contribution in [3.8, 4) is 0 Å². The molecule has 0 saturated carbocycles. The number of amides is 4. The summed E-state index contributed by atoms with van der Waals surface area (Å²) in [4.78, 5) is 40.9. The van der Waals surface area contributed by atoms with Gasteiger partial charge in [-0.05, 0) is 53.8 Å². The van der Waals surface area contributed by atoms with Crippen LogP contribution in [0.3, 0.4) is 0 Å². The lowest BCUT2D eigenvalue weighted by Gasteiger charge is -2.26. The summed E-state index contributed by atoms with van der Waals surface area (Å²) in [6.07, 6.45) is 6.25. The van der Waals surface area contributed by atoms with Crippen molar-refractivity contribution in [3.63, 3.8) is 0 Å². The van der Waals surface area contributed by atoms with Gasteiger partial charge >= 0.3 is 6.03 Å². The summed E-state index contributed by atoms with van der Waals surface area (Å²) < 4.78 is 0. The zero-order valence-electron chi connectivity index (χ0n) is 18.8. The van der Waals surface area contributed by atoms with Crippen LogP contribution in [0.2, 0.25) is 5.02 Å². The number of hydrogen-bond donors (Lipinski definition) is 1. The highest BCUT2D eigenvalue weighted by atomic mass is 35.5. The molecule has 0 aliphatic carbocycles. The molecule has 7 heteroatoms. The Bertz CT molecular complexity index is 1110. The average Bonchev–Trinajstić information content (AvgIpc) is 3.19. The second-order valence-corrected chi connectivity index (χ2v) is 8.89. The van der Waals surface area contributed by atoms with Crippen molar-refractivity contribution >= 4 is 41.2 Å². The van der Waals surface area contributed by atoms with Crippen LogP contribution in [-0.2, 0) is 22.6 Å². The van der Waals surface area contributed by atoms with Gasteiger partial charge in [0.2, 0.25) is 0 Å². The van der Waals surface area contributed by atoms with Crippen LogP contribution in [0, 0.1) is 0 Å². The Morgan fingerprint density at radius 1 is 1.06 bits per heavy atom. The van der Waals surface area contributed by atoms with E-state index in [4.69, 9.17) is 11.6 Å². The number of barbiturate groups is 1. The first-order chi connectivity index (χ1) is 16.0. The minimum atomic E-state index is -0.643. The molecule has 0 atom stereocenters. The van der Waals surface area contributed by atoms with E-state index in [0.29, 0.717) is 6.54 Å². The Labute approximate surface area is 199 Å². The van der Waals surface area contributed by atoms with Gasteiger partial charge in [0.25, 0.3) is 11.8 Å². The number of urea groups is 1. The van der Waals surface area contributed by atoms with Crippen molar-refractivity contribution in [1.82, 2.24) is 10.2 Å². The van der Waals surface area contributed by atoms with Gasteiger partial charge in [-0.15, -0.1) is 0 Å². The molecule has 4 rings (SSSR count). The van der Waals surface area contributed by atoms with Crippen LogP contribution in [0.4, 0.5) is 10.5 Å². The summed E-state index contributed by atoms with van der Waals surface area (Å²) in [6, 6.07) is 13.1. The van der Waals surface area contributed by atoms with E-state index in [1.165, 1.54) is 0 Å². The first kappa shape index (κ1) is 23.1. The number of halogens is 1. The molecule has 0 bridgehead atoms. The maximum Gasteiger partial charge on any atom is 0.331 e. The van der Waals surface area contributed by atoms with Gasteiger partial charge in [0, 0.05) is 30.3 Å². The molecule has 2 aliphatic heterocycles. The molecule has 0 radical (unpaired) electrons. The molecule has 4 amide bonds. The monoisotopic (exact) mass is 465 g/mol. The summed E-state index contributed by atoms with van der Waals surface area (Å²) >= 11 is 6.33. The minimum Gasteiger partial charge on any atom is -0.367 e. The van der Waals surface area contributed by atoms with Gasteiger partial charge in [0.05, 0.1) is 0 Å². The van der Waals surface area contributed by atoms with Crippen LogP contribution in [0.1, 0.15) is 49.3 Å². The van der Waals surface area contributed by atoms with Gasteiger partial charge in [-0.1, -0.05) is 62.1 Å². The number of fused-ring (bicyclic) bond motifs is 1. The van der Waals surface area contributed by atoms with Crippen molar-refractivity contribution in [2.24, 2.45) is 0 Å². The van der Waals surface area contributed by atoms with E-state index < -0.39 is 17.8 Å². The Hall–Kier alpha value is -3.12. The van der Waals surface area contributed by atoms with Gasteiger partial charge in [-0.2, -0.15) is 0 Å². The smallest absolute Gasteiger partial charge is 0.331 e. The number of nitrogens with zero attached hydrogens (tertiary/aromatic N) is 2. The summed E-state index contributed by atoms with van der Waals surface area (Å²) in [5, 5.41) is 3.05. The zero-order valence-corrected chi connectivity index (χ0v) is 19.5. The maximum atomic E-state index is 12.9. The highest BCUT2D eigenvalue weighted by Gasteiger charge is 2.35. The largest absolute Gasteiger partial charge is 0.367 e. The lowest BCUT2D eigenvalue weighted by molar-refractivity contribution is -0.130. The lowest BCUT2D eigenvalue weighted by atomic mass is 10.0. The third kappa shape index (κ3) is 5.11. The molecule has 0 aromatic heterocycles. The van der Waals surface area contributed by atoms with Crippen molar-refractivity contribution in [1.29, 1.82) is 0 Å². The number of carbonyl (C=O) groups excluding carboxylic acids is 3. The van der Waals surface area contributed by atoms with Crippen LogP contribution in [0.5, 0.6) is 0 Å². The molecule has 2 aromatic rings. The average molecular weight is 466 g/mol. The number of hydrogen-bond acceptors (Lipinski definition) is 4. The van der Waals surface area contributed by atoms with Crippen LogP contribution in [0.15, 0.2) is 48.0 Å². The lowest BCUT2D eigenvalue weighted by Crippen LogP contribution is -2.54. The van der Waals surface area contributed by atoms with Crippen LogP contribution in [0.25, 0.3) is 6.08 Å². The second kappa shape index (κ2) is 10.2. The van der Waals surface area contributed by atoms with Crippen molar-refractivity contribution in [2.45, 2.75) is 45.6 Å². The normalized spacial score (nSPS) is 17.0. The third-order valence-electron chi connectivity index (χ3n) is 6.15. The van der Waals surface area contributed by atoms with Gasteiger partial charge in [0.1, 0.15) is 5.57 Å². The van der Waals surface area contributed by atoms with Gasteiger partial charge in [-0.25, -0.2) is 4.79 Å². The number of benzene rings is 2. The number of unbranched alkanes of at least 4 members (excludes halogenated alkanes) is 3. The number of imide groups is 2. The summed E-state index contributed by atoms with van der Waals surface area (Å²) in [5.41, 5.74) is 4.13. The van der Waals surface area contributed by atoms with E-state index in [0.717, 1.165) is 77.5 Å². The molecule has 6 nitrogen and oxygen atoms in total. The molecule has 1 saturated heterocycles. The molecule has 2 aromatic carbocycles. The van der Waals surface area contributed by atoms with E-state index in [1.54, 1.807) is 6.08 Å². The maximum absolute atomic E-state index is 12.9. The Balaban J connectivity index is 1.51. The molecule has 33 heavy (non-hydrogen) atoms. The fraction of sp³-hybridized carbons (Fsp3) is 0.346. The van der Waals surface area contributed by atoms with E-state index >= 15 is 0 Å². The topological polar surface area (TPSA) is 69.7 Å². The minimum absolute atomic E-state index is 0.00374. The number of anilines is 1. The predicted octanol–water partition coefficient (Wildman–Crippen LogP) is 4.94. The molecule has 172 valence electrons. The molecule has 2 aliphatic rings. The number of rotatable bonds is 8. The summed E-state index contributed by atoms with van der Waals surface area (Å²) in [6.45, 7) is 4.02. The fourth-order valence-corrected chi connectivity index (χ4v) is 4.53. The molecule has 1 fully saturated rings. The fourth-order valence-electron chi connectivity index (χ4n) is 4.34. The quantitative estimate of drug-likeness (QED) is 0.340. The van der Waals surface area contributed by atoms with Crippen molar-refractivity contribution in [3.05, 3.63) is 69.8 Å². The predicted molar refractivity (Wildman–Crippen MR) is 130 cm³/mol. The van der Waals surface area contributed by atoms with Crippen molar-refractivity contribution < 1.29 is 14.4 Å². The van der Waals surface area contributed by atoms with E-state index in [-0.39, 0.29) is 5.57 Å². The molecule has 2 heterocycles. The van der Waals surface area contributed by atoms with Crippen LogP contribution >= 0.6 is 11.6 Å². The number of carbonyl (C=O) groups is 3. The highest BCUT2D eigenvalue weighted by molar-refractivity contribution is 6.31. The first-order valence-corrected chi connectivity index (χ1v) is 11.9. The van der Waals surface area contributed by atoms with E-state index in [1.807, 2.05) is 42.5 Å². The Morgan fingerprint density at radius 3 is 2.67 bits per heavy atom. The number of nitrogens with one attached hydrogen (secondary N) is 1. The zero-order chi connectivity index (χ0) is 23.4. The van der Waals surface area contributed by atoms with Gasteiger partial charge in [-0.3, -0.25) is 19.8 Å². The van der Waals surface area contributed by atoms with Crippen LogP contribution < -0.4 is 10.2 Å². The van der Waals surface area contributed by atoms with Gasteiger partial charge < -0.3 is 4.90 Å². The van der Waals surface area contributed by atoms with Crippen molar-refractivity contribution in [2.75, 3.05) is 18.0 Å². The highest BCUT2D eigenvalue weighted by Crippen LogP contribution is 2.32. The Morgan fingerprint density at radius 2 is 1.88 bits per heavy atom. The van der Waals surface area contributed by atoms with E-state index in [2.05, 4.69) is 17.1 Å². The molecule has 0 unspecified atom stereocenters. The van der Waals surface area contributed by atoms with Gasteiger partial charge in [0.15, 0.2) is 0 Å². The SMILES string of the molecule is CCCCCCN1C(=O)NC(=O)C(=Cc2ccc3c(c2)CCN3Cc2ccccc2Cl)C1=O. The molecular formula is C26H28ClN3O3.